The lowest BCUT2D eigenvalue weighted by Crippen LogP contribution is -2.54. The van der Waals surface area contributed by atoms with Crippen molar-refractivity contribution in [2.75, 3.05) is 65.3 Å². The van der Waals surface area contributed by atoms with E-state index in [2.05, 4.69) is 10.6 Å². The SMILES string of the molecule is CC(C)C[C@H](NC(=O)[C@@H](O)[C@H](N)Cc1ccccc1)C(=O)NCCOCCOCCOCCOCCCCCCCl. The Morgan fingerprint density at radius 1 is 0.829 bits per heavy atom. The minimum absolute atomic E-state index is 0.155. The van der Waals surface area contributed by atoms with Crippen LogP contribution in [0.3, 0.4) is 0 Å². The van der Waals surface area contributed by atoms with Crippen LogP contribution in [-0.4, -0.2) is 100 Å². The highest BCUT2D eigenvalue weighted by molar-refractivity contribution is 6.17. The van der Waals surface area contributed by atoms with Gasteiger partial charge in [0.25, 0.3) is 5.91 Å². The third kappa shape index (κ3) is 19.9. The molecule has 0 unspecified atom stereocenters. The van der Waals surface area contributed by atoms with Crippen molar-refractivity contribution in [1.82, 2.24) is 10.6 Å². The van der Waals surface area contributed by atoms with Crippen molar-refractivity contribution in [1.29, 1.82) is 0 Å². The highest BCUT2D eigenvalue weighted by Gasteiger charge is 2.28. The highest BCUT2D eigenvalue weighted by atomic mass is 35.5. The maximum absolute atomic E-state index is 12.7. The number of unbranched alkanes of at least 4 members (excludes halogenated alkanes) is 3. The number of rotatable bonds is 26. The molecule has 41 heavy (non-hydrogen) atoms. The Hall–Kier alpha value is -1.79. The summed E-state index contributed by atoms with van der Waals surface area (Å²) < 4.78 is 22.0. The van der Waals surface area contributed by atoms with Gasteiger partial charge in [0.15, 0.2) is 0 Å². The molecule has 1 aromatic rings. The number of nitrogens with two attached hydrogens (primary N) is 1. The van der Waals surface area contributed by atoms with Crippen LogP contribution in [0.5, 0.6) is 0 Å². The van der Waals surface area contributed by atoms with Gasteiger partial charge in [-0.05, 0) is 37.2 Å². The van der Waals surface area contributed by atoms with Crippen LogP contribution in [0.15, 0.2) is 30.3 Å². The number of amides is 2. The van der Waals surface area contributed by atoms with Gasteiger partial charge in [-0.25, -0.2) is 0 Å². The molecule has 0 aliphatic rings. The summed E-state index contributed by atoms with van der Waals surface area (Å²) in [6, 6.07) is 7.83. The van der Waals surface area contributed by atoms with Crippen molar-refractivity contribution < 1.29 is 33.6 Å². The van der Waals surface area contributed by atoms with E-state index in [-0.39, 0.29) is 18.4 Å². The van der Waals surface area contributed by atoms with Crippen molar-refractivity contribution >= 4 is 23.4 Å². The highest BCUT2D eigenvalue weighted by Crippen LogP contribution is 2.08. The molecule has 0 spiro atoms. The summed E-state index contributed by atoms with van der Waals surface area (Å²) in [5.74, 6) is -0.110. The van der Waals surface area contributed by atoms with Gasteiger partial charge in [0.2, 0.25) is 5.91 Å². The molecule has 3 atom stereocenters. The number of hydrogen-bond donors (Lipinski definition) is 4. The first kappa shape index (κ1) is 37.2. The molecular weight excluding hydrogens is 550 g/mol. The molecule has 0 aliphatic carbocycles. The molecule has 0 bridgehead atoms. The van der Waals surface area contributed by atoms with E-state index < -0.39 is 24.1 Å². The zero-order chi connectivity index (χ0) is 30.1. The summed E-state index contributed by atoms with van der Waals surface area (Å²) in [5, 5.41) is 15.9. The van der Waals surface area contributed by atoms with Gasteiger partial charge >= 0.3 is 0 Å². The molecule has 10 nitrogen and oxygen atoms in total. The van der Waals surface area contributed by atoms with Crippen molar-refractivity contribution in [2.24, 2.45) is 11.7 Å². The third-order valence-electron chi connectivity index (χ3n) is 6.16. The average Bonchev–Trinajstić information content (AvgIpc) is 2.95. The molecule has 0 saturated heterocycles. The molecule has 0 radical (unpaired) electrons. The maximum Gasteiger partial charge on any atom is 0.251 e. The molecule has 2 amide bonds. The molecule has 0 aliphatic heterocycles. The molecule has 0 aromatic heterocycles. The molecule has 5 N–H and O–H groups in total. The van der Waals surface area contributed by atoms with Crippen LogP contribution < -0.4 is 16.4 Å². The van der Waals surface area contributed by atoms with E-state index in [9.17, 15) is 14.7 Å². The summed E-state index contributed by atoms with van der Waals surface area (Å²) in [5.41, 5.74) is 6.98. The molecule has 1 rings (SSSR count). The number of ether oxygens (including phenoxy) is 4. The van der Waals surface area contributed by atoms with Crippen LogP contribution >= 0.6 is 11.6 Å². The minimum atomic E-state index is -1.43. The first-order chi connectivity index (χ1) is 19.8. The van der Waals surface area contributed by atoms with Gasteiger partial charge in [-0.2, -0.15) is 0 Å². The Morgan fingerprint density at radius 2 is 1.39 bits per heavy atom. The van der Waals surface area contributed by atoms with Crippen molar-refractivity contribution in [3.05, 3.63) is 35.9 Å². The fourth-order valence-corrected chi connectivity index (χ4v) is 4.12. The number of aliphatic hydroxyl groups is 1. The smallest absolute Gasteiger partial charge is 0.251 e. The Morgan fingerprint density at radius 3 is 1.98 bits per heavy atom. The summed E-state index contributed by atoms with van der Waals surface area (Å²) in [4.78, 5) is 25.4. The number of aliphatic hydroxyl groups excluding tert-OH is 1. The normalized spacial score (nSPS) is 13.6. The number of halogens is 1. The van der Waals surface area contributed by atoms with Gasteiger partial charge in [0.1, 0.15) is 12.1 Å². The van der Waals surface area contributed by atoms with Crippen LogP contribution in [0.2, 0.25) is 0 Å². The monoisotopic (exact) mass is 601 g/mol. The topological polar surface area (TPSA) is 141 Å². The lowest BCUT2D eigenvalue weighted by Gasteiger charge is -2.24. The van der Waals surface area contributed by atoms with Gasteiger partial charge < -0.3 is 40.4 Å². The number of benzene rings is 1. The van der Waals surface area contributed by atoms with E-state index >= 15 is 0 Å². The average molecular weight is 602 g/mol. The number of hydrogen-bond acceptors (Lipinski definition) is 8. The minimum Gasteiger partial charge on any atom is -0.382 e. The van der Waals surface area contributed by atoms with Crippen LogP contribution in [0.4, 0.5) is 0 Å². The predicted molar refractivity (Wildman–Crippen MR) is 161 cm³/mol. The lowest BCUT2D eigenvalue weighted by molar-refractivity contribution is -0.135. The molecule has 11 heteroatoms. The van der Waals surface area contributed by atoms with Gasteiger partial charge in [0.05, 0.1) is 46.2 Å². The predicted octanol–water partition coefficient (Wildman–Crippen LogP) is 2.43. The number of alkyl halides is 1. The first-order valence-electron chi connectivity index (χ1n) is 14.8. The first-order valence-corrected chi connectivity index (χ1v) is 15.3. The second-order valence-corrected chi connectivity index (χ2v) is 10.7. The fraction of sp³-hybridized carbons (Fsp3) is 0.733. The Balaban J connectivity index is 2.12. The van der Waals surface area contributed by atoms with Gasteiger partial charge in [-0.1, -0.05) is 57.0 Å². The Labute approximate surface area is 251 Å². The summed E-state index contributed by atoms with van der Waals surface area (Å²) in [7, 11) is 0. The van der Waals surface area contributed by atoms with E-state index in [1.54, 1.807) is 0 Å². The second-order valence-electron chi connectivity index (χ2n) is 10.3. The summed E-state index contributed by atoms with van der Waals surface area (Å²) >= 11 is 5.65. The van der Waals surface area contributed by atoms with Crippen LogP contribution in [0, 0.1) is 5.92 Å². The van der Waals surface area contributed by atoms with E-state index in [1.807, 2.05) is 44.2 Å². The van der Waals surface area contributed by atoms with Crippen LogP contribution in [0.25, 0.3) is 0 Å². The standard InChI is InChI=1S/C30H52ClN3O7/c1-24(2)22-27(34-30(37)28(35)26(32)23-25-10-6-5-7-11-25)29(36)33-13-15-39-17-19-41-21-20-40-18-16-38-14-9-4-3-8-12-31/h5-7,10-11,24,26-28,35H,3-4,8-9,12-23,32H2,1-2H3,(H,33,36)(H,34,37)/t26-,27+,28+/m1/s1. The van der Waals surface area contributed by atoms with Crippen molar-refractivity contribution in [2.45, 2.75) is 70.6 Å². The summed E-state index contributed by atoms with van der Waals surface area (Å²) in [6.07, 6.45) is 3.74. The number of carbonyl (C=O) groups is 2. The molecule has 0 fully saturated rings. The molecule has 0 saturated carbocycles. The lowest BCUT2D eigenvalue weighted by atomic mass is 10.00. The van der Waals surface area contributed by atoms with Gasteiger partial charge in [0, 0.05) is 25.1 Å². The zero-order valence-corrected chi connectivity index (χ0v) is 25.6. The maximum atomic E-state index is 12.7. The largest absolute Gasteiger partial charge is 0.382 e. The quantitative estimate of drug-likeness (QED) is 0.0937. The second kappa shape index (κ2) is 24.8. The molecule has 1 aromatic carbocycles. The van der Waals surface area contributed by atoms with Crippen molar-refractivity contribution in [3.8, 4) is 0 Å². The van der Waals surface area contributed by atoms with E-state index in [1.165, 1.54) is 0 Å². The van der Waals surface area contributed by atoms with E-state index in [4.69, 9.17) is 36.3 Å². The van der Waals surface area contributed by atoms with E-state index in [0.717, 1.165) is 43.7 Å². The van der Waals surface area contributed by atoms with Crippen molar-refractivity contribution in [3.63, 3.8) is 0 Å². The number of nitrogens with one attached hydrogen (secondary N) is 2. The van der Waals surface area contributed by atoms with Gasteiger partial charge in [-0.3, -0.25) is 9.59 Å². The number of carbonyl (C=O) groups excluding carboxylic acids is 2. The van der Waals surface area contributed by atoms with E-state index in [0.29, 0.717) is 59.1 Å². The Kier molecular flexibility index (Phi) is 22.5. The van der Waals surface area contributed by atoms with Crippen LogP contribution in [0.1, 0.15) is 51.5 Å². The van der Waals surface area contributed by atoms with Crippen LogP contribution in [-0.2, 0) is 35.0 Å². The zero-order valence-electron chi connectivity index (χ0n) is 24.9. The fourth-order valence-electron chi connectivity index (χ4n) is 3.94. The third-order valence-corrected chi connectivity index (χ3v) is 6.43. The molecule has 0 heterocycles. The summed E-state index contributed by atoms with van der Waals surface area (Å²) in [6.45, 7) is 8.14. The molecular formula is C30H52ClN3O7. The molecule has 236 valence electrons. The van der Waals surface area contributed by atoms with Gasteiger partial charge in [-0.15, -0.1) is 11.6 Å². The Bertz CT molecular complexity index is 789.